The van der Waals surface area contributed by atoms with Gasteiger partial charge in [-0.1, -0.05) is 0 Å². The van der Waals surface area contributed by atoms with Crippen LogP contribution in [0.25, 0.3) is 10.9 Å². The molecule has 0 saturated carbocycles. The number of hydrogen-bond donors (Lipinski definition) is 2. The molecule has 1 aromatic heterocycles. The van der Waals surface area contributed by atoms with Crippen LogP contribution >= 0.6 is 12.6 Å². The third-order valence-electron chi connectivity index (χ3n) is 1.86. The summed E-state index contributed by atoms with van der Waals surface area (Å²) in [6.07, 6.45) is 1.82. The van der Waals surface area contributed by atoms with Crippen molar-refractivity contribution in [2.75, 3.05) is 0 Å². The van der Waals surface area contributed by atoms with Gasteiger partial charge in [0, 0.05) is 10.3 Å². The van der Waals surface area contributed by atoms with E-state index < -0.39 is 0 Å². The van der Waals surface area contributed by atoms with Crippen LogP contribution in [0.4, 0.5) is 0 Å². The number of benzene rings is 1. The van der Waals surface area contributed by atoms with E-state index in [1.54, 1.807) is 0 Å². The van der Waals surface area contributed by atoms with E-state index >= 15 is 0 Å². The lowest BCUT2D eigenvalue weighted by Crippen LogP contribution is -1.76. The molecule has 2 rings (SSSR count). The lowest BCUT2D eigenvalue weighted by Gasteiger charge is -1.97. The molecule has 56 valence electrons. The molecule has 3 heteroatoms. The van der Waals surface area contributed by atoms with Gasteiger partial charge in [-0.3, -0.25) is 5.10 Å². The highest BCUT2D eigenvalue weighted by atomic mass is 32.1. The summed E-state index contributed by atoms with van der Waals surface area (Å²) in [5.74, 6) is 0. The summed E-state index contributed by atoms with van der Waals surface area (Å²) in [4.78, 5) is 1.01. The van der Waals surface area contributed by atoms with Crippen molar-refractivity contribution in [1.29, 1.82) is 0 Å². The summed E-state index contributed by atoms with van der Waals surface area (Å²) < 4.78 is 0. The van der Waals surface area contributed by atoms with E-state index in [0.29, 0.717) is 0 Å². The Morgan fingerprint density at radius 1 is 1.45 bits per heavy atom. The molecule has 11 heavy (non-hydrogen) atoms. The summed E-state index contributed by atoms with van der Waals surface area (Å²) in [6.45, 7) is 2.04. The number of H-pyrrole nitrogens is 1. The fraction of sp³-hybridized carbons (Fsp3) is 0.125. The van der Waals surface area contributed by atoms with Gasteiger partial charge in [0.1, 0.15) is 0 Å². The topological polar surface area (TPSA) is 28.7 Å². The Bertz CT molecular complexity index is 392. The van der Waals surface area contributed by atoms with Gasteiger partial charge < -0.3 is 0 Å². The summed E-state index contributed by atoms with van der Waals surface area (Å²) in [6, 6.07) is 3.95. The highest BCUT2D eigenvalue weighted by Crippen LogP contribution is 2.21. The molecule has 2 aromatic rings. The largest absolute Gasteiger partial charge is 0.278 e. The molecule has 0 unspecified atom stereocenters. The van der Waals surface area contributed by atoms with Crippen molar-refractivity contribution in [1.82, 2.24) is 10.2 Å². The maximum atomic E-state index is 4.31. The molecule has 0 aliphatic heterocycles. The summed E-state index contributed by atoms with van der Waals surface area (Å²) in [5, 5.41) is 8.00. The fourth-order valence-electron chi connectivity index (χ4n) is 1.15. The molecule has 1 aromatic carbocycles. The minimum absolute atomic E-state index is 1.01. The van der Waals surface area contributed by atoms with E-state index in [9.17, 15) is 0 Å². The summed E-state index contributed by atoms with van der Waals surface area (Å²) >= 11 is 4.31. The number of nitrogens with one attached hydrogen (secondary N) is 1. The molecule has 0 fully saturated rings. The fourth-order valence-corrected chi connectivity index (χ4v) is 1.34. The predicted octanol–water partition coefficient (Wildman–Crippen LogP) is 2.16. The van der Waals surface area contributed by atoms with E-state index in [2.05, 4.69) is 22.8 Å². The summed E-state index contributed by atoms with van der Waals surface area (Å²) in [5.41, 5.74) is 2.25. The van der Waals surface area contributed by atoms with Gasteiger partial charge in [-0.25, -0.2) is 0 Å². The van der Waals surface area contributed by atoms with Crippen LogP contribution in [-0.4, -0.2) is 10.2 Å². The van der Waals surface area contributed by atoms with Crippen LogP contribution < -0.4 is 0 Å². The minimum Gasteiger partial charge on any atom is -0.278 e. The molecular formula is C8H8N2S. The second-order valence-corrected chi connectivity index (χ2v) is 3.02. The first-order valence-electron chi connectivity index (χ1n) is 3.40. The zero-order valence-corrected chi connectivity index (χ0v) is 7.02. The first-order valence-corrected chi connectivity index (χ1v) is 3.85. The SMILES string of the molecule is Cc1c(S)ccc2[nH]ncc12. The standard InChI is InChI=1S/C8H8N2S/c1-5-6-4-9-10-7(6)2-3-8(5)11/h2-4,11H,1H3,(H,9,10). The minimum atomic E-state index is 1.01. The quantitative estimate of drug-likeness (QED) is 0.574. The molecule has 0 atom stereocenters. The van der Waals surface area contributed by atoms with E-state index in [4.69, 9.17) is 0 Å². The van der Waals surface area contributed by atoms with Crippen molar-refractivity contribution in [2.24, 2.45) is 0 Å². The molecule has 0 bridgehead atoms. The molecule has 2 nitrogen and oxygen atoms in total. The van der Waals surface area contributed by atoms with E-state index in [1.807, 2.05) is 25.3 Å². The zero-order valence-electron chi connectivity index (χ0n) is 6.13. The number of aromatic nitrogens is 2. The van der Waals surface area contributed by atoms with Crippen molar-refractivity contribution in [3.8, 4) is 0 Å². The number of thiol groups is 1. The van der Waals surface area contributed by atoms with Gasteiger partial charge in [0.15, 0.2) is 0 Å². The first-order chi connectivity index (χ1) is 5.29. The molecule has 0 saturated heterocycles. The van der Waals surface area contributed by atoms with Gasteiger partial charge in [0.2, 0.25) is 0 Å². The van der Waals surface area contributed by atoms with Gasteiger partial charge in [-0.15, -0.1) is 12.6 Å². The molecular weight excluding hydrogens is 156 g/mol. The van der Waals surface area contributed by atoms with Crippen molar-refractivity contribution in [3.05, 3.63) is 23.9 Å². The predicted molar refractivity (Wildman–Crippen MR) is 48.1 cm³/mol. The van der Waals surface area contributed by atoms with E-state index in [1.165, 1.54) is 5.56 Å². The molecule has 1 heterocycles. The Kier molecular flexibility index (Phi) is 1.39. The molecule has 0 radical (unpaired) electrons. The van der Waals surface area contributed by atoms with Crippen molar-refractivity contribution < 1.29 is 0 Å². The van der Waals surface area contributed by atoms with Crippen molar-refractivity contribution in [3.63, 3.8) is 0 Å². The van der Waals surface area contributed by atoms with Gasteiger partial charge >= 0.3 is 0 Å². The number of aryl methyl sites for hydroxylation is 1. The number of hydrogen-bond acceptors (Lipinski definition) is 2. The van der Waals surface area contributed by atoms with Gasteiger partial charge in [0.05, 0.1) is 11.7 Å². The molecule has 0 aliphatic carbocycles. The van der Waals surface area contributed by atoms with Gasteiger partial charge in [0.25, 0.3) is 0 Å². The van der Waals surface area contributed by atoms with Crippen molar-refractivity contribution in [2.45, 2.75) is 11.8 Å². The third kappa shape index (κ3) is 0.922. The Labute approximate surface area is 70.0 Å². The smallest absolute Gasteiger partial charge is 0.0653 e. The Morgan fingerprint density at radius 2 is 2.27 bits per heavy atom. The molecule has 0 spiro atoms. The highest BCUT2D eigenvalue weighted by molar-refractivity contribution is 7.80. The molecule has 0 aliphatic rings. The average Bonchev–Trinajstić information content (AvgIpc) is 2.45. The van der Waals surface area contributed by atoms with Crippen LogP contribution in [0, 0.1) is 6.92 Å². The monoisotopic (exact) mass is 164 g/mol. The lowest BCUT2D eigenvalue weighted by molar-refractivity contribution is 1.12. The Morgan fingerprint density at radius 3 is 3.09 bits per heavy atom. The number of nitrogens with zero attached hydrogens (tertiary/aromatic N) is 1. The maximum absolute atomic E-state index is 4.31. The number of fused-ring (bicyclic) bond motifs is 1. The van der Waals surface area contributed by atoms with Gasteiger partial charge in [-0.05, 0) is 24.6 Å². The Hall–Kier alpha value is -0.960. The Balaban J connectivity index is 2.93. The van der Waals surface area contributed by atoms with Crippen LogP contribution in [0.2, 0.25) is 0 Å². The van der Waals surface area contributed by atoms with Gasteiger partial charge in [-0.2, -0.15) is 5.10 Å². The lowest BCUT2D eigenvalue weighted by atomic mass is 10.1. The van der Waals surface area contributed by atoms with Crippen LogP contribution in [0.3, 0.4) is 0 Å². The van der Waals surface area contributed by atoms with Crippen LogP contribution in [-0.2, 0) is 0 Å². The normalized spacial score (nSPS) is 10.7. The highest BCUT2D eigenvalue weighted by Gasteiger charge is 2.00. The van der Waals surface area contributed by atoms with Crippen molar-refractivity contribution >= 4 is 23.5 Å². The first kappa shape index (κ1) is 6.73. The second kappa shape index (κ2) is 2.27. The van der Waals surface area contributed by atoms with E-state index in [0.717, 1.165) is 15.8 Å². The van der Waals surface area contributed by atoms with Crippen LogP contribution in [0.15, 0.2) is 23.2 Å². The van der Waals surface area contributed by atoms with Crippen LogP contribution in [0.1, 0.15) is 5.56 Å². The van der Waals surface area contributed by atoms with Crippen LogP contribution in [0.5, 0.6) is 0 Å². The molecule has 0 amide bonds. The average molecular weight is 164 g/mol. The third-order valence-corrected chi connectivity index (χ3v) is 2.35. The second-order valence-electron chi connectivity index (χ2n) is 2.54. The van der Waals surface area contributed by atoms with E-state index in [-0.39, 0.29) is 0 Å². The zero-order chi connectivity index (χ0) is 7.84. The number of aromatic amines is 1. The molecule has 1 N–H and O–H groups in total. The summed E-state index contributed by atoms with van der Waals surface area (Å²) in [7, 11) is 0. The maximum Gasteiger partial charge on any atom is 0.0653 e. The number of rotatable bonds is 0.